The largest absolute Gasteiger partial charge is 0.524 e. The van der Waals surface area contributed by atoms with Gasteiger partial charge in [-0.05, 0) is 49.3 Å². The number of nitrogens with one attached hydrogen (secondary N) is 2. The van der Waals surface area contributed by atoms with Gasteiger partial charge in [0.15, 0.2) is 0 Å². The third-order valence-corrected chi connectivity index (χ3v) is 6.79. The van der Waals surface area contributed by atoms with Crippen LogP contribution in [0.3, 0.4) is 0 Å². The number of rotatable bonds is 14. The molecule has 0 aliphatic carbocycles. The maximum Gasteiger partial charge on any atom is 0.524 e. The van der Waals surface area contributed by atoms with Crippen LogP contribution in [0.25, 0.3) is 0 Å². The third kappa shape index (κ3) is 11.2. The molecule has 0 bridgehead atoms. The molecule has 1 aliphatic heterocycles. The van der Waals surface area contributed by atoms with Crippen molar-refractivity contribution in [1.29, 1.82) is 0 Å². The molecular formula is C25H38N3O9P. The summed E-state index contributed by atoms with van der Waals surface area (Å²) in [5.74, 6) is -2.24. The van der Waals surface area contributed by atoms with Crippen LogP contribution in [-0.4, -0.2) is 68.7 Å². The molecule has 3 amide bonds. The fourth-order valence-corrected chi connectivity index (χ4v) is 4.92. The van der Waals surface area contributed by atoms with Crippen LogP contribution in [0, 0.1) is 5.92 Å². The second-order valence-corrected chi connectivity index (χ2v) is 10.8. The average Bonchev–Trinajstić information content (AvgIpc) is 2.84. The van der Waals surface area contributed by atoms with E-state index < -0.39 is 37.7 Å². The van der Waals surface area contributed by atoms with Gasteiger partial charge in [0, 0.05) is 32.9 Å². The summed E-state index contributed by atoms with van der Waals surface area (Å²) in [6.45, 7) is 4.46. The number of carboxylic acids is 1. The molecule has 1 fully saturated rings. The van der Waals surface area contributed by atoms with Gasteiger partial charge in [-0.3, -0.25) is 29.0 Å². The predicted molar refractivity (Wildman–Crippen MR) is 138 cm³/mol. The van der Waals surface area contributed by atoms with Crippen molar-refractivity contribution in [2.24, 2.45) is 5.92 Å². The fourth-order valence-electron chi connectivity index (χ4n) is 4.53. The van der Waals surface area contributed by atoms with E-state index >= 15 is 0 Å². The third-order valence-electron chi connectivity index (χ3n) is 6.34. The normalized spacial score (nSPS) is 17.3. The summed E-state index contributed by atoms with van der Waals surface area (Å²) in [5, 5.41) is 14.4. The van der Waals surface area contributed by atoms with E-state index in [0.29, 0.717) is 24.6 Å². The maximum absolute atomic E-state index is 13.4. The van der Waals surface area contributed by atoms with Crippen molar-refractivity contribution in [2.75, 3.05) is 13.1 Å². The number of amides is 3. The monoisotopic (exact) mass is 555 g/mol. The Labute approximate surface area is 222 Å². The number of benzene rings is 1. The number of hydrogen-bond donors (Lipinski definition) is 5. The number of phosphoric ester groups is 1. The Morgan fingerprint density at radius 2 is 1.82 bits per heavy atom. The van der Waals surface area contributed by atoms with E-state index in [1.54, 1.807) is 4.90 Å². The van der Waals surface area contributed by atoms with E-state index in [4.69, 9.17) is 9.79 Å². The Bertz CT molecular complexity index is 1010. The topological polar surface area (TPSA) is 183 Å². The smallest absolute Gasteiger partial charge is 0.481 e. The van der Waals surface area contributed by atoms with Crippen LogP contribution in [-0.2, 0) is 30.2 Å². The van der Waals surface area contributed by atoms with Crippen molar-refractivity contribution >= 4 is 31.5 Å². The molecule has 0 radical (unpaired) electrons. The Hall–Kier alpha value is -2.95. The van der Waals surface area contributed by atoms with Crippen LogP contribution in [0.2, 0.25) is 0 Å². The first-order chi connectivity index (χ1) is 17.9. The molecule has 1 aliphatic rings. The van der Waals surface area contributed by atoms with Gasteiger partial charge in [0.1, 0.15) is 17.8 Å². The summed E-state index contributed by atoms with van der Waals surface area (Å²) in [6.07, 6.45) is 4.63. The highest BCUT2D eigenvalue weighted by molar-refractivity contribution is 7.46. The molecule has 2 rings (SSSR count). The second-order valence-electron chi connectivity index (χ2n) is 9.61. The fraction of sp³-hybridized carbons (Fsp3) is 0.600. The van der Waals surface area contributed by atoms with Crippen molar-refractivity contribution in [1.82, 2.24) is 15.5 Å². The molecule has 0 aromatic heterocycles. The van der Waals surface area contributed by atoms with E-state index in [1.807, 2.05) is 0 Å². The molecule has 1 aromatic carbocycles. The molecule has 12 nitrogen and oxygen atoms in total. The lowest BCUT2D eigenvalue weighted by atomic mass is 9.92. The number of carbonyl (C=O) groups excluding carboxylic acids is 3. The maximum atomic E-state index is 13.4. The van der Waals surface area contributed by atoms with Crippen LogP contribution >= 0.6 is 7.82 Å². The number of carbonyl (C=O) groups is 4. The van der Waals surface area contributed by atoms with Crippen LogP contribution in [0.1, 0.15) is 64.4 Å². The number of aliphatic carboxylic acids is 1. The summed E-state index contributed by atoms with van der Waals surface area (Å²) < 4.78 is 15.5. The molecular weight excluding hydrogens is 517 g/mol. The number of carboxylic acid groups (broad SMARTS) is 1. The van der Waals surface area contributed by atoms with Gasteiger partial charge in [-0.25, -0.2) is 4.57 Å². The van der Waals surface area contributed by atoms with Crippen LogP contribution < -0.4 is 15.2 Å². The lowest BCUT2D eigenvalue weighted by Gasteiger charge is -2.35. The van der Waals surface area contributed by atoms with E-state index in [9.17, 15) is 28.8 Å². The molecule has 0 spiro atoms. The number of phosphoric acid groups is 1. The number of hydrogen-bond acceptors (Lipinski definition) is 6. The Kier molecular flexibility index (Phi) is 12.2. The van der Waals surface area contributed by atoms with Gasteiger partial charge in [-0.2, -0.15) is 0 Å². The number of likely N-dealkylation sites (tertiary alicyclic amines) is 1. The van der Waals surface area contributed by atoms with Crippen LogP contribution in [0.4, 0.5) is 0 Å². The molecule has 1 aromatic rings. The lowest BCUT2D eigenvalue weighted by Crippen LogP contribution is -2.56. The molecule has 13 heteroatoms. The standard InChI is InChI=1S/C25H38N3O9P/c1-3-4-6-19-7-5-14-28(16-19)25(33)21(12-13-23(30)31)27-24(32)22(26-17(2)29)15-18-8-10-20(11-9-18)37-38(34,35)36/h8-11,19,21-22H,3-7,12-16H2,1-2H3,(H,26,29)(H,27,32)(H,30,31)(H2,34,35,36)/t19-,21+,22+/m1/s1. The zero-order valence-electron chi connectivity index (χ0n) is 21.8. The minimum absolute atomic E-state index is 0.0181. The lowest BCUT2D eigenvalue weighted by molar-refractivity contribution is -0.140. The predicted octanol–water partition coefficient (Wildman–Crippen LogP) is 1.98. The highest BCUT2D eigenvalue weighted by Gasteiger charge is 2.32. The van der Waals surface area contributed by atoms with Gasteiger partial charge in [-0.15, -0.1) is 0 Å². The number of nitrogens with zero attached hydrogens (tertiary/aromatic N) is 1. The molecule has 1 heterocycles. The van der Waals surface area contributed by atoms with Gasteiger partial charge >= 0.3 is 13.8 Å². The second kappa shape index (κ2) is 14.8. The molecule has 3 atom stereocenters. The summed E-state index contributed by atoms with van der Waals surface area (Å²) in [4.78, 5) is 69.2. The molecule has 5 N–H and O–H groups in total. The van der Waals surface area contributed by atoms with Crippen molar-refractivity contribution in [3.63, 3.8) is 0 Å². The summed E-state index contributed by atoms with van der Waals surface area (Å²) in [5.41, 5.74) is 0.556. The van der Waals surface area contributed by atoms with Crippen LogP contribution in [0.5, 0.6) is 5.75 Å². The molecule has 212 valence electrons. The van der Waals surface area contributed by atoms with Crippen molar-refractivity contribution in [3.05, 3.63) is 29.8 Å². The first-order valence-corrected chi connectivity index (χ1v) is 14.3. The number of piperidine rings is 1. The van der Waals surface area contributed by atoms with Crippen molar-refractivity contribution in [3.8, 4) is 5.75 Å². The minimum atomic E-state index is -4.72. The SMILES string of the molecule is CCCC[C@@H]1CCCN(C(=O)[C@H](CCC(=O)O)NC(=O)[C@H](Cc2ccc(OP(=O)(O)O)cc2)NC(C)=O)C1. The molecule has 0 saturated carbocycles. The summed E-state index contributed by atoms with van der Waals surface area (Å²) >= 11 is 0. The summed E-state index contributed by atoms with van der Waals surface area (Å²) in [6, 6.07) is 3.50. The van der Waals surface area contributed by atoms with Gasteiger partial charge in [0.2, 0.25) is 17.7 Å². The van der Waals surface area contributed by atoms with Gasteiger partial charge in [0.05, 0.1) is 0 Å². The Morgan fingerprint density at radius 1 is 1.13 bits per heavy atom. The average molecular weight is 556 g/mol. The van der Waals surface area contributed by atoms with E-state index in [-0.39, 0.29) is 30.9 Å². The zero-order chi connectivity index (χ0) is 28.3. The van der Waals surface area contributed by atoms with Gasteiger partial charge in [-0.1, -0.05) is 31.9 Å². The first kappa shape index (κ1) is 31.3. The summed E-state index contributed by atoms with van der Waals surface area (Å²) in [7, 11) is -4.72. The molecule has 1 saturated heterocycles. The van der Waals surface area contributed by atoms with E-state index in [1.165, 1.54) is 31.2 Å². The van der Waals surface area contributed by atoms with Gasteiger partial charge < -0.3 is 25.2 Å². The van der Waals surface area contributed by atoms with Crippen LogP contribution in [0.15, 0.2) is 24.3 Å². The molecule has 0 unspecified atom stereocenters. The first-order valence-electron chi connectivity index (χ1n) is 12.8. The van der Waals surface area contributed by atoms with Gasteiger partial charge in [0.25, 0.3) is 0 Å². The van der Waals surface area contributed by atoms with E-state index in [0.717, 1.165) is 32.1 Å². The van der Waals surface area contributed by atoms with E-state index in [2.05, 4.69) is 22.1 Å². The van der Waals surface area contributed by atoms with Crippen molar-refractivity contribution < 1.29 is 43.2 Å². The Morgan fingerprint density at radius 3 is 2.39 bits per heavy atom. The minimum Gasteiger partial charge on any atom is -0.481 e. The molecule has 38 heavy (non-hydrogen) atoms. The van der Waals surface area contributed by atoms with Crippen molar-refractivity contribution in [2.45, 2.75) is 77.3 Å². The Balaban J connectivity index is 2.15. The highest BCUT2D eigenvalue weighted by atomic mass is 31.2. The zero-order valence-corrected chi connectivity index (χ0v) is 22.7. The highest BCUT2D eigenvalue weighted by Crippen LogP contribution is 2.37. The number of unbranched alkanes of at least 4 members (excludes halogenated alkanes) is 1. The quantitative estimate of drug-likeness (QED) is 0.214.